The molecule has 0 aliphatic heterocycles. The fourth-order valence-electron chi connectivity index (χ4n) is 5.15. The van der Waals surface area contributed by atoms with Gasteiger partial charge in [-0.05, 0) is 70.0 Å². The van der Waals surface area contributed by atoms with Crippen LogP contribution in [-0.4, -0.2) is 4.98 Å². The molecule has 3 aromatic carbocycles. The zero-order chi connectivity index (χ0) is 23.6. The maximum atomic E-state index is 5.96. The standard InChI is InChI=1S/C31H29NOS/c1-18(2)12-21-17-33-27-16-28-25(15-24(21)27)23-10-11-32-29(30(23)34-28)20-13-19-8-6-7-9-22(19)26(14-20)31(3,4)5/h6-11,13-18H,12H2,1-5H3. The number of furan rings is 1. The highest BCUT2D eigenvalue weighted by Crippen LogP contribution is 2.43. The van der Waals surface area contributed by atoms with Crippen molar-refractivity contribution in [1.82, 2.24) is 4.98 Å². The van der Waals surface area contributed by atoms with Crippen molar-refractivity contribution in [1.29, 1.82) is 0 Å². The second kappa shape index (κ2) is 7.68. The van der Waals surface area contributed by atoms with Gasteiger partial charge in [0.2, 0.25) is 0 Å². The van der Waals surface area contributed by atoms with Crippen LogP contribution in [-0.2, 0) is 11.8 Å². The number of nitrogens with zero attached hydrogens (tertiary/aromatic N) is 1. The summed E-state index contributed by atoms with van der Waals surface area (Å²) in [5.74, 6) is 0.594. The molecule has 0 spiro atoms. The van der Waals surface area contributed by atoms with E-state index in [2.05, 4.69) is 89.2 Å². The molecule has 2 nitrogen and oxygen atoms in total. The van der Waals surface area contributed by atoms with Crippen molar-refractivity contribution in [3.05, 3.63) is 78.2 Å². The second-order valence-corrected chi connectivity index (χ2v) is 11.9. The second-order valence-electron chi connectivity index (χ2n) is 10.8. The highest BCUT2D eigenvalue weighted by molar-refractivity contribution is 7.26. The van der Waals surface area contributed by atoms with Crippen LogP contribution in [0.3, 0.4) is 0 Å². The minimum atomic E-state index is 0.0426. The molecule has 0 aliphatic rings. The lowest BCUT2D eigenvalue weighted by Crippen LogP contribution is -2.12. The molecule has 3 heterocycles. The number of fused-ring (bicyclic) bond motifs is 5. The Labute approximate surface area is 204 Å². The third-order valence-corrected chi connectivity index (χ3v) is 7.91. The Morgan fingerprint density at radius 1 is 0.912 bits per heavy atom. The maximum Gasteiger partial charge on any atom is 0.135 e. The van der Waals surface area contributed by atoms with Crippen LogP contribution in [0.1, 0.15) is 45.7 Å². The first kappa shape index (κ1) is 21.4. The smallest absolute Gasteiger partial charge is 0.135 e. The average Bonchev–Trinajstić information content (AvgIpc) is 3.36. The Morgan fingerprint density at radius 2 is 1.74 bits per heavy atom. The van der Waals surface area contributed by atoms with Gasteiger partial charge in [-0.2, -0.15) is 0 Å². The molecule has 3 heteroatoms. The molecule has 0 radical (unpaired) electrons. The first-order valence-corrected chi connectivity index (χ1v) is 12.9. The van der Waals surface area contributed by atoms with Gasteiger partial charge in [0.1, 0.15) is 5.58 Å². The molecular formula is C31H29NOS. The van der Waals surface area contributed by atoms with Crippen LogP contribution >= 0.6 is 11.3 Å². The highest BCUT2D eigenvalue weighted by Gasteiger charge is 2.20. The molecule has 0 atom stereocenters. The lowest BCUT2D eigenvalue weighted by Gasteiger charge is -2.22. The Balaban J connectivity index is 1.61. The zero-order valence-electron chi connectivity index (χ0n) is 20.4. The van der Waals surface area contributed by atoms with Crippen LogP contribution in [0, 0.1) is 5.92 Å². The predicted octanol–water partition coefficient (Wildman–Crippen LogP) is 9.51. The number of thiophene rings is 1. The van der Waals surface area contributed by atoms with Gasteiger partial charge in [0, 0.05) is 32.6 Å². The van der Waals surface area contributed by atoms with Gasteiger partial charge in [-0.1, -0.05) is 58.9 Å². The molecule has 0 fully saturated rings. The lowest BCUT2D eigenvalue weighted by molar-refractivity contribution is 0.594. The Morgan fingerprint density at radius 3 is 2.53 bits per heavy atom. The Hall–Kier alpha value is -3.17. The topological polar surface area (TPSA) is 26.0 Å². The van der Waals surface area contributed by atoms with E-state index < -0.39 is 0 Å². The minimum absolute atomic E-state index is 0.0426. The summed E-state index contributed by atoms with van der Waals surface area (Å²) >= 11 is 1.82. The normalized spacial score (nSPS) is 12.6. The molecule has 6 aromatic rings. The van der Waals surface area contributed by atoms with Crippen molar-refractivity contribution in [2.45, 2.75) is 46.5 Å². The quantitative estimate of drug-likeness (QED) is 0.261. The van der Waals surface area contributed by atoms with Crippen LogP contribution < -0.4 is 0 Å². The van der Waals surface area contributed by atoms with Crippen molar-refractivity contribution < 1.29 is 4.42 Å². The summed E-state index contributed by atoms with van der Waals surface area (Å²) in [4.78, 5) is 4.90. The molecule has 0 unspecified atom stereocenters. The van der Waals surface area contributed by atoms with Gasteiger partial charge in [-0.25, -0.2) is 0 Å². The van der Waals surface area contributed by atoms with Crippen LogP contribution in [0.15, 0.2) is 71.5 Å². The van der Waals surface area contributed by atoms with E-state index in [0.29, 0.717) is 5.92 Å². The van der Waals surface area contributed by atoms with Gasteiger partial charge in [-0.15, -0.1) is 11.3 Å². The summed E-state index contributed by atoms with van der Waals surface area (Å²) in [6.45, 7) is 11.4. The highest BCUT2D eigenvalue weighted by atomic mass is 32.1. The fraction of sp³-hybridized carbons (Fsp3) is 0.258. The minimum Gasteiger partial charge on any atom is -0.464 e. The monoisotopic (exact) mass is 463 g/mol. The van der Waals surface area contributed by atoms with Crippen LogP contribution in [0.2, 0.25) is 0 Å². The van der Waals surface area contributed by atoms with Gasteiger partial charge in [-0.3, -0.25) is 4.98 Å². The lowest BCUT2D eigenvalue weighted by atomic mass is 9.82. The van der Waals surface area contributed by atoms with Gasteiger partial charge >= 0.3 is 0 Å². The molecule has 170 valence electrons. The SMILES string of the molecule is CC(C)Cc1coc2cc3sc4c(-c5cc(C(C)(C)C)c6ccccc6c5)nccc4c3cc12. The Kier molecular flexibility index (Phi) is 4.82. The van der Waals surface area contributed by atoms with E-state index in [1.165, 1.54) is 53.0 Å². The number of pyridine rings is 1. The molecular weight excluding hydrogens is 434 g/mol. The number of hydrogen-bond donors (Lipinski definition) is 0. The van der Waals surface area contributed by atoms with Gasteiger partial charge in [0.15, 0.2) is 0 Å². The first-order valence-electron chi connectivity index (χ1n) is 12.0. The van der Waals surface area contributed by atoms with Crippen molar-refractivity contribution in [2.24, 2.45) is 5.92 Å². The molecule has 6 rings (SSSR count). The molecule has 0 N–H and O–H groups in total. The van der Waals surface area contributed by atoms with E-state index in [9.17, 15) is 0 Å². The van der Waals surface area contributed by atoms with Crippen molar-refractivity contribution >= 4 is 53.3 Å². The third-order valence-electron chi connectivity index (χ3n) is 6.73. The van der Waals surface area contributed by atoms with E-state index in [1.807, 2.05) is 23.8 Å². The van der Waals surface area contributed by atoms with Crippen LogP contribution in [0.4, 0.5) is 0 Å². The summed E-state index contributed by atoms with van der Waals surface area (Å²) in [6, 6.07) is 20.0. The number of rotatable bonds is 3. The molecule has 0 saturated heterocycles. The number of benzene rings is 3. The summed E-state index contributed by atoms with van der Waals surface area (Å²) in [5.41, 5.74) is 5.92. The number of aromatic nitrogens is 1. The van der Waals surface area contributed by atoms with Gasteiger partial charge < -0.3 is 4.42 Å². The maximum absolute atomic E-state index is 5.96. The third kappa shape index (κ3) is 3.42. The van der Waals surface area contributed by atoms with Gasteiger partial charge in [0.05, 0.1) is 16.7 Å². The van der Waals surface area contributed by atoms with Crippen LogP contribution in [0.5, 0.6) is 0 Å². The predicted molar refractivity (Wildman–Crippen MR) is 147 cm³/mol. The molecule has 0 bridgehead atoms. The van der Waals surface area contributed by atoms with Crippen molar-refractivity contribution in [3.63, 3.8) is 0 Å². The van der Waals surface area contributed by atoms with Gasteiger partial charge in [0.25, 0.3) is 0 Å². The fourth-order valence-corrected chi connectivity index (χ4v) is 6.37. The summed E-state index contributed by atoms with van der Waals surface area (Å²) in [7, 11) is 0. The average molecular weight is 464 g/mol. The molecule has 0 saturated carbocycles. The largest absolute Gasteiger partial charge is 0.464 e. The first-order chi connectivity index (χ1) is 16.3. The molecule has 3 aromatic heterocycles. The van der Waals surface area contributed by atoms with Crippen LogP contribution in [0.25, 0.3) is 53.2 Å². The Bertz CT molecular complexity index is 1690. The van der Waals surface area contributed by atoms with E-state index in [-0.39, 0.29) is 5.41 Å². The van der Waals surface area contributed by atoms with E-state index in [4.69, 9.17) is 9.40 Å². The number of hydrogen-bond acceptors (Lipinski definition) is 3. The van der Waals surface area contributed by atoms with Crippen molar-refractivity contribution in [2.75, 3.05) is 0 Å². The summed E-state index contributed by atoms with van der Waals surface area (Å²) < 4.78 is 8.45. The van der Waals surface area contributed by atoms with E-state index in [0.717, 1.165) is 17.7 Å². The summed E-state index contributed by atoms with van der Waals surface area (Å²) in [6.07, 6.45) is 4.93. The van der Waals surface area contributed by atoms with Crippen molar-refractivity contribution in [3.8, 4) is 11.3 Å². The zero-order valence-corrected chi connectivity index (χ0v) is 21.2. The summed E-state index contributed by atoms with van der Waals surface area (Å²) in [5, 5.41) is 6.38. The van der Waals surface area contributed by atoms with E-state index in [1.54, 1.807) is 0 Å². The molecule has 0 amide bonds. The van der Waals surface area contributed by atoms with E-state index >= 15 is 0 Å². The molecule has 34 heavy (non-hydrogen) atoms. The molecule has 0 aliphatic carbocycles.